The van der Waals surface area contributed by atoms with Crippen molar-refractivity contribution in [1.29, 1.82) is 0 Å². The Morgan fingerprint density at radius 1 is 1.11 bits per heavy atom. The molecular formula is C21H19ClN2O4. The van der Waals surface area contributed by atoms with Crippen molar-refractivity contribution in [2.24, 2.45) is 0 Å². The summed E-state index contributed by atoms with van der Waals surface area (Å²) in [4.78, 5) is 25.9. The highest BCUT2D eigenvalue weighted by Gasteiger charge is 2.27. The molecule has 1 heterocycles. The molecule has 0 saturated heterocycles. The van der Waals surface area contributed by atoms with Crippen LogP contribution >= 0.6 is 11.6 Å². The Labute approximate surface area is 167 Å². The van der Waals surface area contributed by atoms with Crippen LogP contribution in [0, 0.1) is 6.92 Å². The molecule has 0 aliphatic heterocycles. The van der Waals surface area contributed by atoms with E-state index in [1.807, 2.05) is 30.3 Å². The maximum Gasteiger partial charge on any atom is 0.305 e. The molecule has 0 atom stereocenters. The smallest absolute Gasteiger partial charge is 0.305 e. The standard InChI is InChI=1S/C21H19ClN2O4/c1-14-19(20(23-28-14)16-9-5-6-10-17(16)22)21(27)24(12-11-18(25)26)13-15-7-3-2-4-8-15/h2-10H,11-13H2,1H3,(H,25,26). The van der Waals surface area contributed by atoms with Gasteiger partial charge in [-0.05, 0) is 18.6 Å². The van der Waals surface area contributed by atoms with Crippen molar-refractivity contribution in [3.63, 3.8) is 0 Å². The molecular weight excluding hydrogens is 380 g/mol. The van der Waals surface area contributed by atoms with Gasteiger partial charge in [0.15, 0.2) is 0 Å². The van der Waals surface area contributed by atoms with Gasteiger partial charge < -0.3 is 14.5 Å². The van der Waals surface area contributed by atoms with Gasteiger partial charge in [0.1, 0.15) is 17.0 Å². The minimum Gasteiger partial charge on any atom is -0.481 e. The summed E-state index contributed by atoms with van der Waals surface area (Å²) in [7, 11) is 0. The fourth-order valence-corrected chi connectivity index (χ4v) is 3.13. The molecule has 3 aromatic rings. The molecule has 0 spiro atoms. The lowest BCUT2D eigenvalue weighted by molar-refractivity contribution is -0.137. The predicted octanol–water partition coefficient (Wildman–Crippen LogP) is 4.42. The van der Waals surface area contributed by atoms with Crippen molar-refractivity contribution in [2.45, 2.75) is 19.9 Å². The first kappa shape index (κ1) is 19.6. The number of hydrogen-bond acceptors (Lipinski definition) is 4. The van der Waals surface area contributed by atoms with Gasteiger partial charge in [-0.25, -0.2) is 0 Å². The summed E-state index contributed by atoms with van der Waals surface area (Å²) in [5.74, 6) is -0.966. The summed E-state index contributed by atoms with van der Waals surface area (Å²) in [6.45, 7) is 1.99. The summed E-state index contributed by atoms with van der Waals surface area (Å²) < 4.78 is 5.28. The molecule has 0 aliphatic carbocycles. The van der Waals surface area contributed by atoms with Crippen molar-refractivity contribution in [2.75, 3.05) is 6.54 Å². The van der Waals surface area contributed by atoms with E-state index in [0.717, 1.165) is 5.56 Å². The van der Waals surface area contributed by atoms with Crippen LogP contribution in [-0.2, 0) is 11.3 Å². The highest BCUT2D eigenvalue weighted by atomic mass is 35.5. The normalized spacial score (nSPS) is 10.6. The van der Waals surface area contributed by atoms with E-state index in [-0.39, 0.29) is 31.0 Å². The molecule has 144 valence electrons. The molecule has 0 fully saturated rings. The first-order valence-corrected chi connectivity index (χ1v) is 9.11. The van der Waals surface area contributed by atoms with Crippen molar-refractivity contribution < 1.29 is 19.2 Å². The van der Waals surface area contributed by atoms with E-state index in [0.29, 0.717) is 22.0 Å². The van der Waals surface area contributed by atoms with E-state index in [2.05, 4.69) is 5.16 Å². The van der Waals surface area contributed by atoms with E-state index < -0.39 is 5.97 Å². The van der Waals surface area contributed by atoms with Crippen LogP contribution in [0.2, 0.25) is 5.02 Å². The molecule has 3 rings (SSSR count). The highest BCUT2D eigenvalue weighted by molar-refractivity contribution is 6.33. The Morgan fingerprint density at radius 3 is 2.46 bits per heavy atom. The first-order chi connectivity index (χ1) is 13.5. The number of aliphatic carboxylic acids is 1. The molecule has 28 heavy (non-hydrogen) atoms. The largest absolute Gasteiger partial charge is 0.481 e. The van der Waals surface area contributed by atoms with Crippen LogP contribution in [0.3, 0.4) is 0 Å². The van der Waals surface area contributed by atoms with Crippen molar-refractivity contribution in [1.82, 2.24) is 10.1 Å². The summed E-state index contributed by atoms with van der Waals surface area (Å²) in [5, 5.41) is 13.6. The van der Waals surface area contributed by atoms with Crippen LogP contribution in [-0.4, -0.2) is 33.6 Å². The molecule has 0 bridgehead atoms. The number of aryl methyl sites for hydroxylation is 1. The zero-order chi connectivity index (χ0) is 20.1. The van der Waals surface area contributed by atoms with Crippen LogP contribution < -0.4 is 0 Å². The molecule has 1 amide bonds. The third-order valence-corrected chi connectivity index (χ3v) is 4.63. The molecule has 0 radical (unpaired) electrons. The molecule has 0 saturated carbocycles. The maximum atomic E-state index is 13.3. The van der Waals surface area contributed by atoms with Crippen LogP contribution in [0.4, 0.5) is 0 Å². The number of halogens is 1. The van der Waals surface area contributed by atoms with Crippen LogP contribution in [0.5, 0.6) is 0 Å². The number of hydrogen-bond donors (Lipinski definition) is 1. The summed E-state index contributed by atoms with van der Waals surface area (Å²) >= 11 is 6.27. The third-order valence-electron chi connectivity index (χ3n) is 4.30. The third kappa shape index (κ3) is 4.40. The van der Waals surface area contributed by atoms with Gasteiger partial charge in [0.2, 0.25) is 0 Å². The maximum absolute atomic E-state index is 13.3. The van der Waals surface area contributed by atoms with Gasteiger partial charge in [0, 0.05) is 18.7 Å². The van der Waals surface area contributed by atoms with E-state index in [4.69, 9.17) is 21.2 Å². The highest BCUT2D eigenvalue weighted by Crippen LogP contribution is 2.32. The SMILES string of the molecule is Cc1onc(-c2ccccc2Cl)c1C(=O)N(CCC(=O)O)Cc1ccccc1. The number of aromatic nitrogens is 1. The van der Waals surface area contributed by atoms with Crippen molar-refractivity contribution >= 4 is 23.5 Å². The number of carboxylic acid groups (broad SMARTS) is 1. The van der Waals surface area contributed by atoms with E-state index >= 15 is 0 Å². The average Bonchev–Trinajstić information content (AvgIpc) is 3.07. The molecule has 6 nitrogen and oxygen atoms in total. The zero-order valence-electron chi connectivity index (χ0n) is 15.3. The first-order valence-electron chi connectivity index (χ1n) is 8.73. The summed E-state index contributed by atoms with van der Waals surface area (Å²) in [6, 6.07) is 16.4. The van der Waals surface area contributed by atoms with E-state index in [1.165, 1.54) is 4.90 Å². The van der Waals surface area contributed by atoms with Gasteiger partial charge in [0.25, 0.3) is 5.91 Å². The fraction of sp³-hybridized carbons (Fsp3) is 0.190. The van der Waals surface area contributed by atoms with E-state index in [9.17, 15) is 9.59 Å². The molecule has 1 N–H and O–H groups in total. The van der Waals surface area contributed by atoms with Crippen LogP contribution in [0.25, 0.3) is 11.3 Å². The van der Waals surface area contributed by atoms with Gasteiger partial charge in [-0.1, -0.05) is 65.3 Å². The Bertz CT molecular complexity index is 985. The predicted molar refractivity (Wildman–Crippen MR) is 105 cm³/mol. The lowest BCUT2D eigenvalue weighted by Gasteiger charge is -2.22. The number of amides is 1. The second-order valence-corrected chi connectivity index (χ2v) is 6.71. The summed E-state index contributed by atoms with van der Waals surface area (Å²) in [6.07, 6.45) is -0.162. The molecule has 7 heteroatoms. The van der Waals surface area contributed by atoms with Gasteiger partial charge in [-0.15, -0.1) is 0 Å². The molecule has 1 aromatic heterocycles. The van der Waals surface area contributed by atoms with Gasteiger partial charge >= 0.3 is 5.97 Å². The van der Waals surface area contributed by atoms with Gasteiger partial charge in [-0.2, -0.15) is 0 Å². The number of benzene rings is 2. The number of carbonyl (C=O) groups is 2. The van der Waals surface area contributed by atoms with Crippen molar-refractivity contribution in [3.8, 4) is 11.3 Å². The quantitative estimate of drug-likeness (QED) is 0.636. The number of carbonyl (C=O) groups excluding carboxylic acids is 1. The Kier molecular flexibility index (Phi) is 6.11. The van der Waals surface area contributed by atoms with Crippen LogP contribution in [0.15, 0.2) is 59.1 Å². The van der Waals surface area contributed by atoms with Crippen molar-refractivity contribution in [3.05, 3.63) is 76.5 Å². The van der Waals surface area contributed by atoms with Gasteiger partial charge in [0.05, 0.1) is 11.4 Å². The average molecular weight is 399 g/mol. The monoisotopic (exact) mass is 398 g/mol. The fourth-order valence-electron chi connectivity index (χ4n) is 2.91. The Hall–Kier alpha value is -3.12. The zero-order valence-corrected chi connectivity index (χ0v) is 16.0. The second-order valence-electron chi connectivity index (χ2n) is 6.30. The molecule has 0 aliphatic rings. The number of carboxylic acids is 1. The molecule has 0 unspecified atom stereocenters. The Morgan fingerprint density at radius 2 is 1.79 bits per heavy atom. The molecule has 2 aromatic carbocycles. The lowest BCUT2D eigenvalue weighted by atomic mass is 10.0. The Balaban J connectivity index is 1.97. The minimum atomic E-state index is -0.973. The van der Waals surface area contributed by atoms with Gasteiger partial charge in [-0.3, -0.25) is 9.59 Å². The number of nitrogens with zero attached hydrogens (tertiary/aromatic N) is 2. The number of rotatable bonds is 7. The second kappa shape index (κ2) is 8.71. The lowest BCUT2D eigenvalue weighted by Crippen LogP contribution is -2.33. The minimum absolute atomic E-state index is 0.0651. The van der Waals surface area contributed by atoms with E-state index in [1.54, 1.807) is 31.2 Å². The topological polar surface area (TPSA) is 83.6 Å². The summed E-state index contributed by atoms with van der Waals surface area (Å²) in [5.41, 5.74) is 2.12. The van der Waals surface area contributed by atoms with Crippen LogP contribution in [0.1, 0.15) is 28.1 Å².